The molecule has 0 radical (unpaired) electrons. The first-order valence-corrected chi connectivity index (χ1v) is 6.82. The lowest BCUT2D eigenvalue weighted by atomic mass is 10.1. The van der Waals surface area contributed by atoms with Crippen LogP contribution in [0.15, 0.2) is 48.0 Å². The number of aryl methyl sites for hydroxylation is 1. The SMILES string of the molecule is Cc1cccc(CNc2ccc3ncsc3c2)c1. The van der Waals surface area contributed by atoms with E-state index in [0.717, 1.165) is 17.7 Å². The van der Waals surface area contributed by atoms with E-state index in [2.05, 4.69) is 59.7 Å². The molecule has 3 aromatic rings. The smallest absolute Gasteiger partial charge is 0.0813 e. The van der Waals surface area contributed by atoms with Crippen LogP contribution in [-0.2, 0) is 6.54 Å². The Bertz CT molecular complexity index is 673. The molecule has 0 unspecified atom stereocenters. The maximum absolute atomic E-state index is 4.28. The summed E-state index contributed by atoms with van der Waals surface area (Å²) in [6, 6.07) is 14.9. The Kier molecular flexibility index (Phi) is 2.99. The fourth-order valence-corrected chi connectivity index (χ4v) is 2.71. The first-order chi connectivity index (χ1) is 8.81. The van der Waals surface area contributed by atoms with E-state index in [1.165, 1.54) is 15.8 Å². The van der Waals surface area contributed by atoms with Crippen LogP contribution in [0.5, 0.6) is 0 Å². The summed E-state index contributed by atoms with van der Waals surface area (Å²) in [6.07, 6.45) is 0. The van der Waals surface area contributed by atoms with Gasteiger partial charge in [0.05, 0.1) is 15.7 Å². The Morgan fingerprint density at radius 2 is 2.11 bits per heavy atom. The van der Waals surface area contributed by atoms with Gasteiger partial charge in [0.25, 0.3) is 0 Å². The number of thiazole rings is 1. The molecule has 0 spiro atoms. The van der Waals surface area contributed by atoms with Crippen LogP contribution in [-0.4, -0.2) is 4.98 Å². The lowest BCUT2D eigenvalue weighted by Gasteiger charge is -2.07. The largest absolute Gasteiger partial charge is 0.381 e. The van der Waals surface area contributed by atoms with E-state index in [4.69, 9.17) is 0 Å². The number of anilines is 1. The van der Waals surface area contributed by atoms with Crippen LogP contribution in [0.2, 0.25) is 0 Å². The normalized spacial score (nSPS) is 10.7. The second-order valence-corrected chi connectivity index (χ2v) is 5.26. The average molecular weight is 254 g/mol. The number of hydrogen-bond acceptors (Lipinski definition) is 3. The highest BCUT2D eigenvalue weighted by molar-refractivity contribution is 7.16. The van der Waals surface area contributed by atoms with E-state index < -0.39 is 0 Å². The molecule has 0 fully saturated rings. The fourth-order valence-electron chi connectivity index (χ4n) is 1.99. The second kappa shape index (κ2) is 4.78. The molecule has 0 aliphatic heterocycles. The van der Waals surface area contributed by atoms with Crippen molar-refractivity contribution in [3.05, 3.63) is 59.1 Å². The van der Waals surface area contributed by atoms with Crippen molar-refractivity contribution in [3.8, 4) is 0 Å². The zero-order valence-corrected chi connectivity index (χ0v) is 11.0. The van der Waals surface area contributed by atoms with Crippen molar-refractivity contribution in [2.24, 2.45) is 0 Å². The Morgan fingerprint density at radius 3 is 3.00 bits per heavy atom. The summed E-state index contributed by atoms with van der Waals surface area (Å²) in [5.74, 6) is 0. The first kappa shape index (κ1) is 11.2. The topological polar surface area (TPSA) is 24.9 Å². The summed E-state index contributed by atoms with van der Waals surface area (Å²) < 4.78 is 1.23. The van der Waals surface area contributed by atoms with Crippen molar-refractivity contribution in [2.45, 2.75) is 13.5 Å². The van der Waals surface area contributed by atoms with Gasteiger partial charge >= 0.3 is 0 Å². The molecule has 1 heterocycles. The predicted molar refractivity (Wildman–Crippen MR) is 78.1 cm³/mol. The molecule has 0 atom stereocenters. The maximum atomic E-state index is 4.28. The summed E-state index contributed by atoms with van der Waals surface area (Å²) in [4.78, 5) is 4.28. The summed E-state index contributed by atoms with van der Waals surface area (Å²) in [7, 11) is 0. The van der Waals surface area contributed by atoms with Crippen LogP contribution in [0.4, 0.5) is 5.69 Å². The van der Waals surface area contributed by atoms with Gasteiger partial charge in [-0.1, -0.05) is 29.8 Å². The molecule has 2 nitrogen and oxygen atoms in total. The summed E-state index contributed by atoms with van der Waals surface area (Å²) in [5.41, 5.74) is 6.70. The van der Waals surface area contributed by atoms with E-state index in [1.807, 2.05) is 5.51 Å². The molecule has 0 aliphatic carbocycles. The highest BCUT2D eigenvalue weighted by atomic mass is 32.1. The molecule has 90 valence electrons. The molecule has 0 bridgehead atoms. The van der Waals surface area contributed by atoms with Crippen LogP contribution in [0.25, 0.3) is 10.2 Å². The van der Waals surface area contributed by atoms with Crippen LogP contribution in [0.1, 0.15) is 11.1 Å². The highest BCUT2D eigenvalue weighted by Gasteiger charge is 1.99. The molecule has 2 aromatic carbocycles. The van der Waals surface area contributed by atoms with E-state index in [1.54, 1.807) is 11.3 Å². The first-order valence-electron chi connectivity index (χ1n) is 5.94. The number of fused-ring (bicyclic) bond motifs is 1. The number of hydrogen-bond donors (Lipinski definition) is 1. The molecule has 0 saturated heterocycles. The van der Waals surface area contributed by atoms with Gasteiger partial charge in [0, 0.05) is 12.2 Å². The Morgan fingerprint density at radius 1 is 1.17 bits per heavy atom. The Labute approximate surface area is 110 Å². The minimum atomic E-state index is 0.853. The zero-order valence-electron chi connectivity index (χ0n) is 10.2. The number of rotatable bonds is 3. The van der Waals surface area contributed by atoms with Crippen molar-refractivity contribution in [1.29, 1.82) is 0 Å². The molecule has 0 aliphatic rings. The van der Waals surface area contributed by atoms with Gasteiger partial charge in [-0.05, 0) is 30.7 Å². The Balaban J connectivity index is 1.76. The number of benzene rings is 2. The molecule has 1 aromatic heterocycles. The molecule has 18 heavy (non-hydrogen) atoms. The van der Waals surface area contributed by atoms with E-state index in [0.29, 0.717) is 0 Å². The standard InChI is InChI=1S/C15H14N2S/c1-11-3-2-4-12(7-11)9-16-13-5-6-14-15(8-13)18-10-17-14/h2-8,10,16H,9H2,1H3. The minimum absolute atomic E-state index is 0.853. The number of nitrogens with one attached hydrogen (secondary N) is 1. The average Bonchev–Trinajstić information content (AvgIpc) is 2.84. The van der Waals surface area contributed by atoms with Gasteiger partial charge < -0.3 is 5.32 Å². The van der Waals surface area contributed by atoms with Gasteiger partial charge in [0.1, 0.15) is 0 Å². The minimum Gasteiger partial charge on any atom is -0.381 e. The molecular formula is C15H14N2S. The third-order valence-corrected chi connectivity index (χ3v) is 3.70. The summed E-state index contributed by atoms with van der Waals surface area (Å²) >= 11 is 1.67. The van der Waals surface area contributed by atoms with Crippen LogP contribution < -0.4 is 5.32 Å². The van der Waals surface area contributed by atoms with Gasteiger partial charge in [0.2, 0.25) is 0 Å². The fraction of sp³-hybridized carbons (Fsp3) is 0.133. The molecule has 3 rings (SSSR count). The van der Waals surface area contributed by atoms with E-state index in [9.17, 15) is 0 Å². The van der Waals surface area contributed by atoms with Crippen molar-refractivity contribution >= 4 is 27.2 Å². The van der Waals surface area contributed by atoms with Crippen LogP contribution in [0.3, 0.4) is 0 Å². The van der Waals surface area contributed by atoms with Crippen molar-refractivity contribution in [1.82, 2.24) is 4.98 Å². The van der Waals surface area contributed by atoms with Crippen molar-refractivity contribution < 1.29 is 0 Å². The van der Waals surface area contributed by atoms with Crippen LogP contribution >= 0.6 is 11.3 Å². The monoisotopic (exact) mass is 254 g/mol. The summed E-state index contributed by atoms with van der Waals surface area (Å²) in [6.45, 7) is 2.97. The number of nitrogens with zero attached hydrogens (tertiary/aromatic N) is 1. The highest BCUT2D eigenvalue weighted by Crippen LogP contribution is 2.22. The molecule has 3 heteroatoms. The van der Waals surface area contributed by atoms with Gasteiger partial charge in [-0.3, -0.25) is 0 Å². The third-order valence-electron chi connectivity index (χ3n) is 2.91. The number of aromatic nitrogens is 1. The molecule has 0 saturated carbocycles. The van der Waals surface area contributed by atoms with Crippen LogP contribution in [0, 0.1) is 6.92 Å². The van der Waals surface area contributed by atoms with Gasteiger partial charge in [-0.25, -0.2) is 4.98 Å². The lowest BCUT2D eigenvalue weighted by molar-refractivity contribution is 1.14. The van der Waals surface area contributed by atoms with Gasteiger partial charge in [-0.2, -0.15) is 0 Å². The predicted octanol–water partition coefficient (Wildman–Crippen LogP) is 4.22. The maximum Gasteiger partial charge on any atom is 0.0813 e. The summed E-state index contributed by atoms with van der Waals surface area (Å²) in [5, 5.41) is 3.45. The van der Waals surface area contributed by atoms with E-state index in [-0.39, 0.29) is 0 Å². The molecule has 1 N–H and O–H groups in total. The van der Waals surface area contributed by atoms with E-state index >= 15 is 0 Å². The second-order valence-electron chi connectivity index (χ2n) is 4.38. The van der Waals surface area contributed by atoms with Crippen molar-refractivity contribution in [3.63, 3.8) is 0 Å². The quantitative estimate of drug-likeness (QED) is 0.757. The molecular weight excluding hydrogens is 240 g/mol. The molecule has 0 amide bonds. The van der Waals surface area contributed by atoms with Gasteiger partial charge in [0.15, 0.2) is 0 Å². The van der Waals surface area contributed by atoms with Gasteiger partial charge in [-0.15, -0.1) is 11.3 Å². The lowest BCUT2D eigenvalue weighted by Crippen LogP contribution is -1.99. The van der Waals surface area contributed by atoms with Crippen molar-refractivity contribution in [2.75, 3.05) is 5.32 Å². The Hall–Kier alpha value is -1.87. The zero-order chi connectivity index (χ0) is 12.4. The third kappa shape index (κ3) is 2.36.